The Kier molecular flexibility index (Phi) is 4.67. The van der Waals surface area contributed by atoms with Crippen molar-refractivity contribution in [1.29, 1.82) is 0 Å². The molecular formula is C19H23N3O5. The molecule has 1 aromatic carbocycles. The Balaban J connectivity index is 1.66. The van der Waals surface area contributed by atoms with Crippen LogP contribution >= 0.6 is 0 Å². The molecule has 1 saturated heterocycles. The highest BCUT2D eigenvalue weighted by atomic mass is 16.6. The minimum absolute atomic E-state index is 0.226. The van der Waals surface area contributed by atoms with Crippen LogP contribution in [0.3, 0.4) is 0 Å². The first-order valence-corrected chi connectivity index (χ1v) is 8.82. The number of amides is 4. The van der Waals surface area contributed by atoms with Gasteiger partial charge < -0.3 is 14.5 Å². The molecule has 2 heterocycles. The lowest BCUT2D eigenvalue weighted by atomic mass is 10.0. The number of piperazine rings is 1. The fourth-order valence-electron chi connectivity index (χ4n) is 3.10. The second kappa shape index (κ2) is 6.68. The number of hydrogen-bond acceptors (Lipinski definition) is 5. The van der Waals surface area contributed by atoms with Gasteiger partial charge in [-0.25, -0.2) is 4.79 Å². The van der Waals surface area contributed by atoms with Gasteiger partial charge in [0, 0.05) is 38.8 Å². The van der Waals surface area contributed by atoms with E-state index < -0.39 is 11.5 Å². The molecule has 0 spiro atoms. The van der Waals surface area contributed by atoms with Crippen LogP contribution in [0, 0.1) is 0 Å². The maximum absolute atomic E-state index is 12.8. The first-order valence-electron chi connectivity index (χ1n) is 8.82. The van der Waals surface area contributed by atoms with Gasteiger partial charge in [-0.05, 0) is 39.0 Å². The third-order valence-electron chi connectivity index (χ3n) is 4.56. The molecule has 1 aromatic rings. The molecule has 0 saturated carbocycles. The summed E-state index contributed by atoms with van der Waals surface area (Å²) in [5.41, 5.74) is 0.358. The lowest BCUT2D eigenvalue weighted by Crippen LogP contribution is -2.51. The van der Waals surface area contributed by atoms with E-state index >= 15 is 0 Å². The summed E-state index contributed by atoms with van der Waals surface area (Å²) in [7, 11) is 1.42. The van der Waals surface area contributed by atoms with Crippen molar-refractivity contribution in [2.45, 2.75) is 26.4 Å². The summed E-state index contributed by atoms with van der Waals surface area (Å²) in [6, 6.07) is 4.55. The van der Waals surface area contributed by atoms with Crippen LogP contribution in [-0.2, 0) is 4.74 Å². The Labute approximate surface area is 157 Å². The molecule has 0 unspecified atom stereocenters. The van der Waals surface area contributed by atoms with Gasteiger partial charge in [-0.3, -0.25) is 19.3 Å². The first kappa shape index (κ1) is 18.9. The molecule has 144 valence electrons. The average Bonchev–Trinajstić information content (AvgIpc) is 2.84. The molecule has 27 heavy (non-hydrogen) atoms. The second-order valence-electron chi connectivity index (χ2n) is 7.69. The highest BCUT2D eigenvalue weighted by Crippen LogP contribution is 2.23. The number of ether oxygens (including phenoxy) is 1. The molecule has 4 amide bonds. The Bertz CT molecular complexity index is 819. The maximum Gasteiger partial charge on any atom is 0.410 e. The Hall–Kier alpha value is -2.90. The molecule has 1 fully saturated rings. The van der Waals surface area contributed by atoms with E-state index in [0.29, 0.717) is 37.3 Å². The van der Waals surface area contributed by atoms with E-state index in [2.05, 4.69) is 0 Å². The van der Waals surface area contributed by atoms with Crippen LogP contribution in [0.1, 0.15) is 51.8 Å². The van der Waals surface area contributed by atoms with Gasteiger partial charge in [0.1, 0.15) is 5.60 Å². The van der Waals surface area contributed by atoms with E-state index in [9.17, 15) is 19.2 Å². The fraction of sp³-hybridized carbons (Fsp3) is 0.474. The Morgan fingerprint density at radius 1 is 0.926 bits per heavy atom. The molecule has 0 radical (unpaired) electrons. The average molecular weight is 373 g/mol. The quantitative estimate of drug-likeness (QED) is 0.698. The molecule has 0 atom stereocenters. The number of nitrogens with zero attached hydrogens (tertiary/aromatic N) is 3. The summed E-state index contributed by atoms with van der Waals surface area (Å²) in [5.74, 6) is -0.990. The van der Waals surface area contributed by atoms with Crippen LogP contribution in [0.25, 0.3) is 0 Å². The standard InChI is InChI=1S/C19H23N3O5/c1-19(2,3)27-18(26)22-9-7-21(8-10-22)15(23)12-5-6-13-14(11-12)17(25)20(4)16(13)24/h5-6,11H,7-10H2,1-4H3. The number of benzene rings is 1. The molecule has 0 aliphatic carbocycles. The van der Waals surface area contributed by atoms with Crippen molar-refractivity contribution < 1.29 is 23.9 Å². The van der Waals surface area contributed by atoms with Crippen LogP contribution in [0.4, 0.5) is 4.79 Å². The molecule has 0 aromatic heterocycles. The van der Waals surface area contributed by atoms with Crippen molar-refractivity contribution in [3.05, 3.63) is 34.9 Å². The summed E-state index contributed by atoms with van der Waals surface area (Å²) >= 11 is 0. The first-order chi connectivity index (χ1) is 12.6. The van der Waals surface area contributed by atoms with E-state index in [1.54, 1.807) is 15.9 Å². The van der Waals surface area contributed by atoms with Gasteiger partial charge in [0.05, 0.1) is 11.1 Å². The topological polar surface area (TPSA) is 87.2 Å². The largest absolute Gasteiger partial charge is 0.444 e. The van der Waals surface area contributed by atoms with Gasteiger partial charge >= 0.3 is 6.09 Å². The summed E-state index contributed by atoms with van der Waals surface area (Å²) in [5, 5.41) is 0. The maximum atomic E-state index is 12.8. The third kappa shape index (κ3) is 3.65. The number of rotatable bonds is 1. The molecule has 0 bridgehead atoms. The second-order valence-corrected chi connectivity index (χ2v) is 7.69. The van der Waals surface area contributed by atoms with Crippen molar-refractivity contribution in [3.63, 3.8) is 0 Å². The Morgan fingerprint density at radius 3 is 2.07 bits per heavy atom. The van der Waals surface area contributed by atoms with E-state index in [0.717, 1.165) is 4.90 Å². The number of carbonyl (C=O) groups is 4. The smallest absolute Gasteiger partial charge is 0.410 e. The van der Waals surface area contributed by atoms with E-state index in [-0.39, 0.29) is 23.5 Å². The van der Waals surface area contributed by atoms with Crippen molar-refractivity contribution in [1.82, 2.24) is 14.7 Å². The zero-order chi connectivity index (χ0) is 19.9. The number of hydrogen-bond donors (Lipinski definition) is 0. The Morgan fingerprint density at radius 2 is 1.48 bits per heavy atom. The number of imide groups is 1. The summed E-state index contributed by atoms with van der Waals surface area (Å²) < 4.78 is 5.35. The zero-order valence-electron chi connectivity index (χ0n) is 15.9. The fourth-order valence-corrected chi connectivity index (χ4v) is 3.10. The monoisotopic (exact) mass is 373 g/mol. The van der Waals surface area contributed by atoms with E-state index in [4.69, 9.17) is 4.74 Å². The van der Waals surface area contributed by atoms with Gasteiger partial charge in [0.2, 0.25) is 0 Å². The van der Waals surface area contributed by atoms with Crippen LogP contribution in [0.2, 0.25) is 0 Å². The normalized spacial score (nSPS) is 17.3. The lowest BCUT2D eigenvalue weighted by Gasteiger charge is -2.35. The van der Waals surface area contributed by atoms with Crippen molar-refractivity contribution in [3.8, 4) is 0 Å². The molecule has 8 nitrogen and oxygen atoms in total. The lowest BCUT2D eigenvalue weighted by molar-refractivity contribution is 0.0140. The van der Waals surface area contributed by atoms with E-state index in [1.807, 2.05) is 20.8 Å². The summed E-state index contributed by atoms with van der Waals surface area (Å²) in [6.45, 7) is 6.94. The predicted molar refractivity (Wildman–Crippen MR) is 96.6 cm³/mol. The van der Waals surface area contributed by atoms with Gasteiger partial charge in [0.15, 0.2) is 0 Å². The van der Waals surface area contributed by atoms with Crippen LogP contribution in [-0.4, -0.2) is 77.3 Å². The van der Waals surface area contributed by atoms with Gasteiger partial charge in [-0.15, -0.1) is 0 Å². The van der Waals surface area contributed by atoms with Gasteiger partial charge in [-0.2, -0.15) is 0 Å². The zero-order valence-corrected chi connectivity index (χ0v) is 15.9. The van der Waals surface area contributed by atoms with Gasteiger partial charge in [-0.1, -0.05) is 0 Å². The van der Waals surface area contributed by atoms with Crippen LogP contribution in [0.5, 0.6) is 0 Å². The third-order valence-corrected chi connectivity index (χ3v) is 4.56. The van der Waals surface area contributed by atoms with Gasteiger partial charge in [0.25, 0.3) is 17.7 Å². The van der Waals surface area contributed by atoms with E-state index in [1.165, 1.54) is 19.2 Å². The summed E-state index contributed by atoms with van der Waals surface area (Å²) in [6.07, 6.45) is -0.390. The molecule has 8 heteroatoms. The van der Waals surface area contributed by atoms with Crippen molar-refractivity contribution in [2.24, 2.45) is 0 Å². The highest BCUT2D eigenvalue weighted by molar-refractivity contribution is 6.21. The highest BCUT2D eigenvalue weighted by Gasteiger charge is 2.34. The molecule has 0 N–H and O–H groups in total. The molecule has 2 aliphatic heterocycles. The van der Waals surface area contributed by atoms with Crippen molar-refractivity contribution in [2.75, 3.05) is 33.2 Å². The number of fused-ring (bicyclic) bond motifs is 1. The van der Waals surface area contributed by atoms with Crippen LogP contribution in [0.15, 0.2) is 18.2 Å². The van der Waals surface area contributed by atoms with Crippen LogP contribution < -0.4 is 0 Å². The SMILES string of the molecule is CN1C(=O)c2ccc(C(=O)N3CCN(C(=O)OC(C)(C)C)CC3)cc2C1=O. The minimum atomic E-state index is -0.564. The molecular weight excluding hydrogens is 350 g/mol. The van der Waals surface area contributed by atoms with Crippen molar-refractivity contribution >= 4 is 23.8 Å². The minimum Gasteiger partial charge on any atom is -0.444 e. The summed E-state index contributed by atoms with van der Waals surface area (Å²) in [4.78, 5) is 53.2. The molecule has 2 aliphatic rings. The number of carbonyl (C=O) groups excluding carboxylic acids is 4. The molecule has 3 rings (SSSR count). The predicted octanol–water partition coefficient (Wildman–Crippen LogP) is 1.61.